The second-order valence-electron chi connectivity index (χ2n) is 6.33. The number of rotatable bonds is 4. The first-order valence-corrected chi connectivity index (χ1v) is 8.21. The Morgan fingerprint density at radius 1 is 1.04 bits per heavy atom. The van der Waals surface area contributed by atoms with E-state index in [9.17, 15) is 9.59 Å². The molecule has 1 heterocycles. The fourth-order valence-electron chi connectivity index (χ4n) is 2.83. The first-order chi connectivity index (χ1) is 11.7. The smallest absolute Gasteiger partial charge is 0.261 e. The van der Waals surface area contributed by atoms with Crippen LogP contribution in [0.2, 0.25) is 0 Å². The number of hydrogen-bond donors (Lipinski definition) is 2. The highest BCUT2D eigenvalue weighted by molar-refractivity contribution is 5.94. The maximum atomic E-state index is 12.3. The van der Waals surface area contributed by atoms with Crippen molar-refractivity contribution in [2.75, 3.05) is 6.54 Å². The minimum absolute atomic E-state index is 0.167. The molecule has 1 fully saturated rings. The average molecular weight is 318 g/mol. The van der Waals surface area contributed by atoms with Crippen LogP contribution in [0.3, 0.4) is 0 Å². The lowest BCUT2D eigenvalue weighted by molar-refractivity contribution is 0.0950. The molecule has 1 aliphatic rings. The van der Waals surface area contributed by atoms with Gasteiger partial charge in [0.25, 0.3) is 11.5 Å². The molecular formula is C20H18N2O2. The molecule has 0 spiro atoms. The van der Waals surface area contributed by atoms with Crippen molar-refractivity contribution >= 4 is 16.7 Å². The van der Waals surface area contributed by atoms with E-state index in [2.05, 4.69) is 16.4 Å². The average Bonchev–Trinajstić information content (AvgIpc) is 3.43. The van der Waals surface area contributed by atoms with Gasteiger partial charge in [-0.1, -0.05) is 36.4 Å². The number of pyridine rings is 1. The van der Waals surface area contributed by atoms with Gasteiger partial charge >= 0.3 is 0 Å². The van der Waals surface area contributed by atoms with Crippen molar-refractivity contribution in [3.8, 4) is 11.3 Å². The van der Waals surface area contributed by atoms with E-state index in [-0.39, 0.29) is 17.0 Å². The molecule has 1 saturated carbocycles. The third-order valence-corrected chi connectivity index (χ3v) is 4.46. The number of aromatic nitrogens is 1. The number of hydrogen-bond acceptors (Lipinski definition) is 2. The molecule has 0 atom stereocenters. The molecule has 1 aliphatic carbocycles. The van der Waals surface area contributed by atoms with Crippen LogP contribution >= 0.6 is 0 Å². The third kappa shape index (κ3) is 2.95. The van der Waals surface area contributed by atoms with Crippen LogP contribution in [0.5, 0.6) is 0 Å². The number of carbonyl (C=O) groups is 1. The molecule has 4 nitrogen and oxygen atoms in total. The standard InChI is InChI=1S/C20H18N2O2/c23-19(21-12-13-5-6-13)17-9-10-18(22-20(17)24)16-8-7-14-3-1-2-4-15(14)11-16/h1-4,7-11,13H,5-6,12H2,(H,21,23)(H,22,24). The van der Waals surface area contributed by atoms with Crippen molar-refractivity contribution in [3.63, 3.8) is 0 Å². The van der Waals surface area contributed by atoms with Crippen molar-refractivity contribution in [2.24, 2.45) is 5.92 Å². The first-order valence-electron chi connectivity index (χ1n) is 8.21. The Hall–Kier alpha value is -2.88. The van der Waals surface area contributed by atoms with Crippen molar-refractivity contribution in [3.05, 3.63) is 70.5 Å². The first kappa shape index (κ1) is 14.7. The molecule has 0 unspecified atom stereocenters. The largest absolute Gasteiger partial charge is 0.352 e. The maximum Gasteiger partial charge on any atom is 0.261 e. The fraction of sp³-hybridized carbons (Fsp3) is 0.200. The van der Waals surface area contributed by atoms with E-state index in [0.29, 0.717) is 18.2 Å². The summed E-state index contributed by atoms with van der Waals surface area (Å²) in [5.41, 5.74) is 1.45. The van der Waals surface area contributed by atoms with Gasteiger partial charge in [0.15, 0.2) is 0 Å². The zero-order chi connectivity index (χ0) is 16.5. The summed E-state index contributed by atoms with van der Waals surface area (Å²) in [6.45, 7) is 0.657. The summed E-state index contributed by atoms with van der Waals surface area (Å²) in [5.74, 6) is 0.290. The number of benzene rings is 2. The predicted molar refractivity (Wildman–Crippen MR) is 95.1 cm³/mol. The van der Waals surface area contributed by atoms with Crippen LogP contribution in [0.15, 0.2) is 59.4 Å². The molecule has 120 valence electrons. The minimum atomic E-state index is -0.353. The molecule has 24 heavy (non-hydrogen) atoms. The Bertz CT molecular complexity index is 971. The Balaban J connectivity index is 1.62. The second-order valence-corrected chi connectivity index (χ2v) is 6.33. The predicted octanol–water partition coefficient (Wildman–Crippen LogP) is 3.33. The van der Waals surface area contributed by atoms with Crippen LogP contribution in [-0.2, 0) is 0 Å². The van der Waals surface area contributed by atoms with Gasteiger partial charge < -0.3 is 10.3 Å². The highest BCUT2D eigenvalue weighted by Crippen LogP contribution is 2.27. The number of aromatic amines is 1. The molecule has 3 aromatic rings. The van der Waals surface area contributed by atoms with E-state index in [0.717, 1.165) is 29.2 Å². The minimum Gasteiger partial charge on any atom is -0.352 e. The van der Waals surface area contributed by atoms with E-state index in [1.54, 1.807) is 12.1 Å². The monoisotopic (exact) mass is 318 g/mol. The van der Waals surface area contributed by atoms with Gasteiger partial charge in [0.2, 0.25) is 0 Å². The summed E-state index contributed by atoms with van der Waals surface area (Å²) in [4.78, 5) is 27.2. The van der Waals surface area contributed by atoms with Gasteiger partial charge in [-0.25, -0.2) is 0 Å². The molecule has 1 amide bonds. The molecular weight excluding hydrogens is 300 g/mol. The topological polar surface area (TPSA) is 62.0 Å². The Morgan fingerprint density at radius 3 is 2.58 bits per heavy atom. The number of fused-ring (bicyclic) bond motifs is 1. The summed E-state index contributed by atoms with van der Waals surface area (Å²) in [6, 6.07) is 17.5. The summed E-state index contributed by atoms with van der Waals surface area (Å²) in [7, 11) is 0. The van der Waals surface area contributed by atoms with Crippen LogP contribution in [0.25, 0.3) is 22.0 Å². The number of nitrogens with one attached hydrogen (secondary N) is 2. The van der Waals surface area contributed by atoms with E-state index in [1.165, 1.54) is 0 Å². The molecule has 2 aromatic carbocycles. The normalized spacial score (nSPS) is 13.8. The second kappa shape index (κ2) is 5.96. The molecule has 2 N–H and O–H groups in total. The Kier molecular flexibility index (Phi) is 3.65. The lowest BCUT2D eigenvalue weighted by Gasteiger charge is -2.07. The quantitative estimate of drug-likeness (QED) is 0.775. The molecule has 4 rings (SSSR count). The van der Waals surface area contributed by atoms with Gasteiger partial charge in [0.1, 0.15) is 5.56 Å². The molecule has 1 aromatic heterocycles. The zero-order valence-corrected chi connectivity index (χ0v) is 13.2. The third-order valence-electron chi connectivity index (χ3n) is 4.46. The summed E-state index contributed by atoms with van der Waals surface area (Å²) in [6.07, 6.45) is 2.33. The summed E-state index contributed by atoms with van der Waals surface area (Å²) < 4.78 is 0. The van der Waals surface area contributed by atoms with E-state index >= 15 is 0 Å². The van der Waals surface area contributed by atoms with Gasteiger partial charge in [-0.15, -0.1) is 0 Å². The van der Waals surface area contributed by atoms with Gasteiger partial charge in [-0.2, -0.15) is 0 Å². The lowest BCUT2D eigenvalue weighted by Crippen LogP contribution is -2.31. The van der Waals surface area contributed by atoms with Gasteiger partial charge in [0, 0.05) is 12.2 Å². The van der Waals surface area contributed by atoms with E-state index in [4.69, 9.17) is 0 Å². The van der Waals surface area contributed by atoms with Crippen LogP contribution < -0.4 is 10.9 Å². The maximum absolute atomic E-state index is 12.3. The SMILES string of the molecule is O=C(NCC1CC1)c1ccc(-c2ccc3ccccc3c2)[nH]c1=O. The number of H-pyrrole nitrogens is 1. The summed E-state index contributed by atoms with van der Waals surface area (Å²) >= 11 is 0. The Morgan fingerprint density at radius 2 is 1.83 bits per heavy atom. The van der Waals surface area contributed by atoms with Gasteiger partial charge in [0.05, 0.1) is 0 Å². The highest BCUT2D eigenvalue weighted by Gasteiger charge is 2.22. The van der Waals surface area contributed by atoms with E-state index in [1.807, 2.05) is 36.4 Å². The van der Waals surface area contributed by atoms with Crippen LogP contribution in [0, 0.1) is 5.92 Å². The van der Waals surface area contributed by atoms with Crippen molar-refractivity contribution < 1.29 is 4.79 Å². The lowest BCUT2D eigenvalue weighted by atomic mass is 10.0. The highest BCUT2D eigenvalue weighted by atomic mass is 16.2. The van der Waals surface area contributed by atoms with Gasteiger partial charge in [-0.3, -0.25) is 9.59 Å². The molecule has 0 aliphatic heterocycles. The summed E-state index contributed by atoms with van der Waals surface area (Å²) in [5, 5.41) is 5.09. The van der Waals surface area contributed by atoms with Crippen LogP contribution in [0.4, 0.5) is 0 Å². The molecule has 4 heteroatoms. The Labute approximate surface area is 139 Å². The fourth-order valence-corrected chi connectivity index (χ4v) is 2.83. The van der Waals surface area contributed by atoms with Crippen LogP contribution in [-0.4, -0.2) is 17.4 Å². The number of amides is 1. The van der Waals surface area contributed by atoms with Crippen molar-refractivity contribution in [1.82, 2.24) is 10.3 Å². The zero-order valence-electron chi connectivity index (χ0n) is 13.2. The molecule has 0 radical (unpaired) electrons. The van der Waals surface area contributed by atoms with Crippen molar-refractivity contribution in [1.29, 1.82) is 0 Å². The molecule has 0 bridgehead atoms. The van der Waals surface area contributed by atoms with Gasteiger partial charge in [-0.05, 0) is 53.3 Å². The molecule has 0 saturated heterocycles. The number of carbonyl (C=O) groups excluding carboxylic acids is 1. The van der Waals surface area contributed by atoms with E-state index < -0.39 is 0 Å². The van der Waals surface area contributed by atoms with Crippen molar-refractivity contribution in [2.45, 2.75) is 12.8 Å². The van der Waals surface area contributed by atoms with Crippen LogP contribution in [0.1, 0.15) is 23.2 Å².